The summed E-state index contributed by atoms with van der Waals surface area (Å²) in [6.45, 7) is 0. The van der Waals surface area contributed by atoms with Crippen molar-refractivity contribution in [1.82, 2.24) is 14.8 Å². The fraction of sp³-hybridized carbons (Fsp3) is 0.778. The van der Waals surface area contributed by atoms with Crippen molar-refractivity contribution >= 4 is 0 Å². The van der Waals surface area contributed by atoms with Crippen molar-refractivity contribution in [2.24, 2.45) is 18.9 Å². The molecule has 1 aromatic rings. The van der Waals surface area contributed by atoms with Crippen LogP contribution in [0.25, 0.3) is 0 Å². The van der Waals surface area contributed by atoms with Crippen LogP contribution in [0.4, 0.5) is 0 Å². The number of fused-ring (bicyclic) bond motifs is 1. The van der Waals surface area contributed by atoms with Gasteiger partial charge in [-0.15, -0.1) is 10.2 Å². The average Bonchev–Trinajstić information content (AvgIpc) is 2.56. The highest BCUT2D eigenvalue weighted by Gasteiger charge is 2.55. The van der Waals surface area contributed by atoms with Gasteiger partial charge in [0.25, 0.3) is 0 Å². The zero-order chi connectivity index (χ0) is 8.13. The van der Waals surface area contributed by atoms with Gasteiger partial charge in [0.15, 0.2) is 0 Å². The maximum Gasteiger partial charge on any atom is 0.136 e. The summed E-state index contributed by atoms with van der Waals surface area (Å²) in [6.07, 6.45) is 6.08. The minimum Gasteiger partial charge on any atom is -0.320 e. The molecule has 2 atom stereocenters. The van der Waals surface area contributed by atoms with Gasteiger partial charge in [0.1, 0.15) is 12.2 Å². The van der Waals surface area contributed by atoms with Gasteiger partial charge < -0.3 is 4.57 Å². The van der Waals surface area contributed by atoms with Gasteiger partial charge in [-0.3, -0.25) is 0 Å². The largest absolute Gasteiger partial charge is 0.320 e. The van der Waals surface area contributed by atoms with Crippen LogP contribution in [-0.2, 0) is 7.05 Å². The van der Waals surface area contributed by atoms with Crippen LogP contribution >= 0.6 is 0 Å². The third-order valence-electron chi connectivity index (χ3n) is 3.45. The molecule has 2 aliphatic carbocycles. The molecule has 2 fully saturated rings. The molecule has 0 N–H and O–H groups in total. The molecular formula is C9H13N3. The number of hydrogen-bond acceptors (Lipinski definition) is 2. The van der Waals surface area contributed by atoms with Gasteiger partial charge in [-0.2, -0.15) is 0 Å². The number of hydrogen-bond donors (Lipinski definition) is 0. The van der Waals surface area contributed by atoms with Gasteiger partial charge in [-0.25, -0.2) is 0 Å². The Morgan fingerprint density at radius 2 is 2.17 bits per heavy atom. The van der Waals surface area contributed by atoms with Gasteiger partial charge in [0.05, 0.1) is 0 Å². The van der Waals surface area contributed by atoms with Crippen molar-refractivity contribution in [2.75, 3.05) is 0 Å². The van der Waals surface area contributed by atoms with E-state index in [4.69, 9.17) is 0 Å². The minimum absolute atomic E-state index is 0.756. The highest BCUT2D eigenvalue weighted by Crippen LogP contribution is 2.62. The second-order valence-corrected chi connectivity index (χ2v) is 4.08. The summed E-state index contributed by atoms with van der Waals surface area (Å²) >= 11 is 0. The van der Waals surface area contributed by atoms with E-state index in [9.17, 15) is 0 Å². The first kappa shape index (κ1) is 6.63. The zero-order valence-corrected chi connectivity index (χ0v) is 7.27. The Kier molecular flexibility index (Phi) is 1.15. The molecular weight excluding hydrogens is 150 g/mol. The van der Waals surface area contributed by atoms with E-state index in [-0.39, 0.29) is 0 Å². The van der Waals surface area contributed by atoms with Crippen molar-refractivity contribution < 1.29 is 0 Å². The molecule has 3 heteroatoms. The van der Waals surface area contributed by atoms with E-state index in [0.29, 0.717) is 0 Å². The summed E-state index contributed by atoms with van der Waals surface area (Å²) in [5, 5.41) is 8.10. The summed E-state index contributed by atoms with van der Waals surface area (Å²) in [5.41, 5.74) is 0. The summed E-state index contributed by atoms with van der Waals surface area (Å²) in [4.78, 5) is 0. The molecule has 2 aliphatic rings. The molecule has 2 saturated carbocycles. The van der Waals surface area contributed by atoms with Crippen LogP contribution in [0.5, 0.6) is 0 Å². The number of rotatable bonds is 1. The summed E-state index contributed by atoms with van der Waals surface area (Å²) in [5.74, 6) is 3.87. The van der Waals surface area contributed by atoms with Crippen molar-refractivity contribution in [2.45, 2.75) is 25.2 Å². The summed E-state index contributed by atoms with van der Waals surface area (Å²) in [7, 11) is 2.05. The van der Waals surface area contributed by atoms with Crippen LogP contribution in [0, 0.1) is 11.8 Å². The standard InChI is InChI=1S/C9H13N3/c1-12-5-10-11-9(12)8-6-3-2-4-7(6)8/h5-8H,2-4H2,1H3. The minimum atomic E-state index is 0.756. The third kappa shape index (κ3) is 0.713. The molecule has 2 unspecified atom stereocenters. The Labute approximate surface area is 71.8 Å². The second-order valence-electron chi connectivity index (χ2n) is 4.08. The molecule has 0 radical (unpaired) electrons. The first-order chi connectivity index (χ1) is 5.88. The monoisotopic (exact) mass is 163 g/mol. The maximum absolute atomic E-state index is 4.17. The molecule has 0 saturated heterocycles. The summed E-state index contributed by atoms with van der Waals surface area (Å²) in [6, 6.07) is 0. The van der Waals surface area contributed by atoms with Crippen LogP contribution in [0.2, 0.25) is 0 Å². The molecule has 3 rings (SSSR count). The Balaban J connectivity index is 1.89. The Hall–Kier alpha value is -0.860. The van der Waals surface area contributed by atoms with E-state index in [0.717, 1.165) is 17.8 Å². The van der Waals surface area contributed by atoms with E-state index in [2.05, 4.69) is 14.8 Å². The van der Waals surface area contributed by atoms with Crippen LogP contribution in [0.15, 0.2) is 6.33 Å². The maximum atomic E-state index is 4.17. The molecule has 0 aromatic carbocycles. The SMILES string of the molecule is Cn1cnnc1C1C2CCCC21. The molecule has 0 bridgehead atoms. The first-order valence-corrected chi connectivity index (χ1v) is 4.72. The predicted octanol–water partition coefficient (Wildman–Crippen LogP) is 1.33. The average molecular weight is 163 g/mol. The normalized spacial score (nSPS) is 38.2. The molecule has 0 amide bonds. The van der Waals surface area contributed by atoms with E-state index >= 15 is 0 Å². The van der Waals surface area contributed by atoms with Crippen LogP contribution in [0.3, 0.4) is 0 Å². The zero-order valence-electron chi connectivity index (χ0n) is 7.27. The van der Waals surface area contributed by atoms with Crippen molar-refractivity contribution in [1.29, 1.82) is 0 Å². The van der Waals surface area contributed by atoms with E-state index < -0.39 is 0 Å². The van der Waals surface area contributed by atoms with E-state index in [1.165, 1.54) is 25.1 Å². The van der Waals surface area contributed by atoms with Crippen LogP contribution in [-0.4, -0.2) is 14.8 Å². The Morgan fingerprint density at radius 1 is 1.42 bits per heavy atom. The van der Waals surface area contributed by atoms with Crippen molar-refractivity contribution in [3.8, 4) is 0 Å². The third-order valence-corrected chi connectivity index (χ3v) is 3.45. The van der Waals surface area contributed by atoms with E-state index in [1.54, 1.807) is 0 Å². The lowest BCUT2D eigenvalue weighted by Crippen LogP contribution is -1.98. The van der Waals surface area contributed by atoms with Gasteiger partial charge in [0, 0.05) is 13.0 Å². The highest BCUT2D eigenvalue weighted by atomic mass is 15.3. The van der Waals surface area contributed by atoms with Crippen LogP contribution in [0.1, 0.15) is 31.0 Å². The van der Waals surface area contributed by atoms with Gasteiger partial charge in [0.2, 0.25) is 0 Å². The molecule has 0 aliphatic heterocycles. The van der Waals surface area contributed by atoms with E-state index in [1.807, 2.05) is 13.4 Å². The molecule has 3 nitrogen and oxygen atoms in total. The fourth-order valence-corrected chi connectivity index (χ4v) is 2.80. The quantitative estimate of drug-likeness (QED) is 0.625. The molecule has 12 heavy (non-hydrogen) atoms. The van der Waals surface area contributed by atoms with Crippen molar-refractivity contribution in [3.05, 3.63) is 12.2 Å². The molecule has 1 heterocycles. The first-order valence-electron chi connectivity index (χ1n) is 4.72. The molecule has 0 spiro atoms. The Bertz CT molecular complexity index is 294. The number of aryl methyl sites for hydroxylation is 1. The van der Waals surface area contributed by atoms with Crippen molar-refractivity contribution in [3.63, 3.8) is 0 Å². The molecule has 64 valence electrons. The van der Waals surface area contributed by atoms with Gasteiger partial charge in [-0.1, -0.05) is 6.42 Å². The number of aromatic nitrogens is 3. The second kappa shape index (κ2) is 2.09. The molecule has 1 aromatic heterocycles. The lowest BCUT2D eigenvalue weighted by molar-refractivity contribution is 0.636. The number of nitrogens with zero attached hydrogens (tertiary/aromatic N) is 3. The summed E-state index contributed by atoms with van der Waals surface area (Å²) < 4.78 is 2.07. The fourth-order valence-electron chi connectivity index (χ4n) is 2.80. The lowest BCUT2D eigenvalue weighted by atomic mass is 10.1. The topological polar surface area (TPSA) is 30.7 Å². The van der Waals surface area contributed by atoms with Gasteiger partial charge >= 0.3 is 0 Å². The predicted molar refractivity (Wildman–Crippen MR) is 44.6 cm³/mol. The smallest absolute Gasteiger partial charge is 0.136 e. The van der Waals surface area contributed by atoms with Crippen LogP contribution < -0.4 is 0 Å². The highest BCUT2D eigenvalue weighted by molar-refractivity contribution is 5.17. The van der Waals surface area contributed by atoms with Gasteiger partial charge in [-0.05, 0) is 24.7 Å². The lowest BCUT2D eigenvalue weighted by Gasteiger charge is -2.00. The Morgan fingerprint density at radius 3 is 2.75 bits per heavy atom.